The predicted octanol–water partition coefficient (Wildman–Crippen LogP) is 0.619. The number of nitrogens with zero attached hydrogens (tertiary/aromatic N) is 1. The van der Waals surface area contributed by atoms with Crippen LogP contribution in [0.25, 0.3) is 0 Å². The number of aromatic amines is 1. The maximum Gasteiger partial charge on any atom is 0.318 e. The van der Waals surface area contributed by atoms with Crippen molar-refractivity contribution in [1.82, 2.24) is 9.29 Å². The number of carbonyl (C=O) groups is 1. The molecule has 1 rings (SSSR count). The van der Waals surface area contributed by atoms with Crippen LogP contribution in [0.2, 0.25) is 0 Å². The first-order valence-electron chi connectivity index (χ1n) is 5.40. The molecule has 0 amide bonds. The standard InChI is InChI=1S/C10H16N2O5S2/c1-6-8(18-9(15)11-6)19(16,17)12(5-7(13)14)10(2,3)4/h5H2,1-4H3,(H,11,15)(H,13,14). The number of aromatic nitrogens is 1. The van der Waals surface area contributed by atoms with Crippen LogP contribution < -0.4 is 4.87 Å². The Labute approximate surface area is 114 Å². The zero-order chi connectivity index (χ0) is 15.0. The molecule has 0 unspecified atom stereocenters. The quantitative estimate of drug-likeness (QED) is 0.847. The maximum absolute atomic E-state index is 12.5. The molecule has 1 heterocycles. The number of hydrogen-bond acceptors (Lipinski definition) is 5. The first kappa shape index (κ1) is 15.9. The molecule has 7 nitrogen and oxygen atoms in total. The number of hydrogen-bond donors (Lipinski definition) is 2. The van der Waals surface area contributed by atoms with Crippen LogP contribution in [0.4, 0.5) is 0 Å². The average molecular weight is 308 g/mol. The van der Waals surface area contributed by atoms with Crippen molar-refractivity contribution in [2.75, 3.05) is 6.54 Å². The van der Waals surface area contributed by atoms with Crippen LogP contribution in [-0.2, 0) is 14.8 Å². The van der Waals surface area contributed by atoms with Crippen LogP contribution in [0, 0.1) is 6.92 Å². The summed E-state index contributed by atoms with van der Waals surface area (Å²) in [5.74, 6) is -1.25. The summed E-state index contributed by atoms with van der Waals surface area (Å²) in [5.41, 5.74) is -0.689. The minimum Gasteiger partial charge on any atom is -0.480 e. The minimum atomic E-state index is -4.02. The SMILES string of the molecule is Cc1[nH]c(=O)sc1S(=O)(=O)N(CC(=O)O)C(C)(C)C. The van der Waals surface area contributed by atoms with Crippen LogP contribution in [0.1, 0.15) is 26.5 Å². The largest absolute Gasteiger partial charge is 0.480 e. The molecule has 2 N–H and O–H groups in total. The summed E-state index contributed by atoms with van der Waals surface area (Å²) >= 11 is 0.559. The first-order chi connectivity index (χ1) is 8.46. The van der Waals surface area contributed by atoms with Gasteiger partial charge in [0.2, 0.25) is 0 Å². The fourth-order valence-corrected chi connectivity index (χ4v) is 4.68. The van der Waals surface area contributed by atoms with Crippen LogP contribution in [0.5, 0.6) is 0 Å². The lowest BCUT2D eigenvalue weighted by molar-refractivity contribution is -0.138. The average Bonchev–Trinajstić information content (AvgIpc) is 2.53. The molecule has 0 saturated carbocycles. The van der Waals surface area contributed by atoms with E-state index < -0.39 is 32.9 Å². The number of carboxylic acid groups (broad SMARTS) is 1. The van der Waals surface area contributed by atoms with E-state index in [1.807, 2.05) is 0 Å². The second-order valence-corrected chi connectivity index (χ2v) is 8.04. The van der Waals surface area contributed by atoms with Gasteiger partial charge in [-0.3, -0.25) is 9.59 Å². The molecule has 0 radical (unpaired) electrons. The highest BCUT2D eigenvalue weighted by Gasteiger charge is 2.37. The lowest BCUT2D eigenvalue weighted by Crippen LogP contribution is -2.48. The number of thiazole rings is 1. The molecule has 0 bridgehead atoms. The Balaban J connectivity index is 3.40. The van der Waals surface area contributed by atoms with Crippen molar-refractivity contribution in [3.8, 4) is 0 Å². The van der Waals surface area contributed by atoms with Gasteiger partial charge in [-0.2, -0.15) is 4.31 Å². The molecule has 1 aromatic rings. The Kier molecular flexibility index (Phi) is 4.23. The van der Waals surface area contributed by atoms with E-state index in [1.165, 1.54) is 6.92 Å². The Morgan fingerprint density at radius 1 is 1.42 bits per heavy atom. The molecule has 0 aromatic carbocycles. The molecule has 9 heteroatoms. The van der Waals surface area contributed by atoms with E-state index in [9.17, 15) is 18.0 Å². The number of H-pyrrole nitrogens is 1. The van der Waals surface area contributed by atoms with E-state index >= 15 is 0 Å². The van der Waals surface area contributed by atoms with E-state index in [1.54, 1.807) is 20.8 Å². The van der Waals surface area contributed by atoms with Gasteiger partial charge in [-0.05, 0) is 27.7 Å². The van der Waals surface area contributed by atoms with E-state index in [0.717, 1.165) is 4.31 Å². The third kappa shape index (κ3) is 3.43. The predicted molar refractivity (Wildman–Crippen MR) is 71.0 cm³/mol. The van der Waals surface area contributed by atoms with E-state index in [4.69, 9.17) is 5.11 Å². The number of nitrogens with one attached hydrogen (secondary N) is 1. The molecule has 0 aliphatic rings. The third-order valence-electron chi connectivity index (χ3n) is 2.33. The van der Waals surface area contributed by atoms with Crippen molar-refractivity contribution < 1.29 is 18.3 Å². The van der Waals surface area contributed by atoms with Gasteiger partial charge in [-0.25, -0.2) is 8.42 Å². The zero-order valence-corrected chi connectivity index (χ0v) is 12.7. The van der Waals surface area contributed by atoms with Crippen LogP contribution in [-0.4, -0.2) is 40.9 Å². The summed E-state index contributed by atoms with van der Waals surface area (Å²) < 4.78 is 25.7. The molecule has 108 valence electrons. The van der Waals surface area contributed by atoms with Gasteiger partial charge < -0.3 is 10.1 Å². The molecule has 0 aliphatic carbocycles. The smallest absolute Gasteiger partial charge is 0.318 e. The highest BCUT2D eigenvalue weighted by Crippen LogP contribution is 2.27. The monoisotopic (exact) mass is 308 g/mol. The minimum absolute atomic E-state index is 0.145. The number of rotatable bonds is 4. The molecule has 0 fully saturated rings. The molecular formula is C10H16N2O5S2. The number of aliphatic carboxylic acids is 1. The molecule has 1 aromatic heterocycles. The topological polar surface area (TPSA) is 108 Å². The van der Waals surface area contributed by atoms with Gasteiger partial charge in [0.15, 0.2) is 4.21 Å². The zero-order valence-electron chi connectivity index (χ0n) is 11.1. The highest BCUT2D eigenvalue weighted by molar-refractivity contribution is 7.91. The van der Waals surface area contributed by atoms with Crippen molar-refractivity contribution in [3.05, 3.63) is 15.4 Å². The normalized spacial score (nSPS) is 12.9. The van der Waals surface area contributed by atoms with E-state index in [2.05, 4.69) is 4.98 Å². The molecule has 19 heavy (non-hydrogen) atoms. The van der Waals surface area contributed by atoms with Crippen molar-refractivity contribution >= 4 is 27.3 Å². The number of aryl methyl sites for hydroxylation is 1. The van der Waals surface area contributed by atoms with Gasteiger partial charge in [-0.1, -0.05) is 11.3 Å². The van der Waals surface area contributed by atoms with Gasteiger partial charge in [-0.15, -0.1) is 0 Å². The summed E-state index contributed by atoms with van der Waals surface area (Å²) in [6.07, 6.45) is 0. The van der Waals surface area contributed by atoms with Crippen LogP contribution in [0.15, 0.2) is 9.00 Å². The van der Waals surface area contributed by atoms with Crippen LogP contribution in [0.3, 0.4) is 0 Å². The second-order valence-electron chi connectivity index (χ2n) is 5.00. The van der Waals surface area contributed by atoms with Gasteiger partial charge in [0.25, 0.3) is 10.0 Å². The summed E-state index contributed by atoms with van der Waals surface area (Å²) in [5, 5.41) is 8.86. The van der Waals surface area contributed by atoms with Gasteiger partial charge in [0.1, 0.15) is 6.54 Å². The summed E-state index contributed by atoms with van der Waals surface area (Å²) in [7, 11) is -4.02. The van der Waals surface area contributed by atoms with Crippen molar-refractivity contribution in [3.63, 3.8) is 0 Å². The third-order valence-corrected chi connectivity index (χ3v) is 6.03. The summed E-state index contributed by atoms with van der Waals surface area (Å²) in [6.45, 7) is 5.60. The Morgan fingerprint density at radius 3 is 2.26 bits per heavy atom. The van der Waals surface area contributed by atoms with Crippen molar-refractivity contribution in [2.45, 2.75) is 37.4 Å². The Bertz CT molecular complexity index is 636. The highest BCUT2D eigenvalue weighted by atomic mass is 32.2. The number of carboxylic acids is 1. The summed E-state index contributed by atoms with van der Waals surface area (Å²) in [6, 6.07) is 0. The fraction of sp³-hybridized carbons (Fsp3) is 0.600. The molecule has 0 saturated heterocycles. The Hall–Kier alpha value is -1.19. The number of sulfonamides is 1. The van der Waals surface area contributed by atoms with Crippen LogP contribution >= 0.6 is 11.3 Å². The lowest BCUT2D eigenvalue weighted by atomic mass is 10.1. The van der Waals surface area contributed by atoms with Crippen molar-refractivity contribution in [2.24, 2.45) is 0 Å². The molecule has 0 atom stereocenters. The van der Waals surface area contributed by atoms with Gasteiger partial charge in [0.05, 0.1) is 0 Å². The maximum atomic E-state index is 12.5. The molecule has 0 aliphatic heterocycles. The van der Waals surface area contributed by atoms with E-state index in [-0.39, 0.29) is 9.90 Å². The molecular weight excluding hydrogens is 292 g/mol. The van der Waals surface area contributed by atoms with Gasteiger partial charge >= 0.3 is 10.8 Å². The second kappa shape index (κ2) is 5.06. The first-order valence-corrected chi connectivity index (χ1v) is 7.66. The Morgan fingerprint density at radius 2 is 1.95 bits per heavy atom. The summed E-state index contributed by atoms with van der Waals surface area (Å²) in [4.78, 5) is 24.0. The van der Waals surface area contributed by atoms with E-state index in [0.29, 0.717) is 11.3 Å². The van der Waals surface area contributed by atoms with Crippen molar-refractivity contribution in [1.29, 1.82) is 0 Å². The lowest BCUT2D eigenvalue weighted by Gasteiger charge is -2.32. The molecule has 0 spiro atoms. The fourth-order valence-electron chi connectivity index (χ4n) is 1.54. The van der Waals surface area contributed by atoms with Gasteiger partial charge in [0, 0.05) is 11.2 Å².